The highest BCUT2D eigenvalue weighted by atomic mass is 35.5. The molecule has 1 atom stereocenters. The molecule has 0 aliphatic heterocycles. The predicted octanol–water partition coefficient (Wildman–Crippen LogP) is 4.13. The molecule has 0 saturated heterocycles. The van der Waals surface area contributed by atoms with Crippen molar-refractivity contribution >= 4 is 11.6 Å². The molecule has 1 rings (SSSR count). The topological polar surface area (TPSA) is 0 Å². The van der Waals surface area contributed by atoms with Crippen LogP contribution in [0.15, 0.2) is 12.1 Å². The predicted molar refractivity (Wildman–Crippen MR) is 50.1 cm³/mol. The van der Waals surface area contributed by atoms with Gasteiger partial charge in [-0.1, -0.05) is 25.4 Å². The molecule has 1 unspecified atom stereocenters. The summed E-state index contributed by atoms with van der Waals surface area (Å²) >= 11 is 5.66. The van der Waals surface area contributed by atoms with Gasteiger partial charge in [0.1, 0.15) is 11.6 Å². The Kier molecular flexibility index (Phi) is 3.26. The molecule has 0 spiro atoms. The van der Waals surface area contributed by atoms with E-state index in [0.29, 0.717) is 0 Å². The van der Waals surface area contributed by atoms with Gasteiger partial charge < -0.3 is 0 Å². The Bertz CT molecular complexity index is 310. The highest BCUT2D eigenvalue weighted by Gasteiger charge is 2.16. The molecule has 0 bridgehead atoms. The molecule has 0 nitrogen and oxygen atoms in total. The minimum absolute atomic E-state index is 0.0526. The molecule has 3 heteroatoms. The summed E-state index contributed by atoms with van der Waals surface area (Å²) in [6, 6.07) is 2.16. The minimum atomic E-state index is -0.557. The lowest BCUT2D eigenvalue weighted by Crippen LogP contribution is -1.99. The van der Waals surface area contributed by atoms with Crippen LogP contribution in [-0.4, -0.2) is 0 Å². The van der Waals surface area contributed by atoms with Crippen molar-refractivity contribution in [2.24, 2.45) is 0 Å². The van der Waals surface area contributed by atoms with Crippen LogP contribution in [0.1, 0.15) is 31.7 Å². The molecule has 0 amide bonds. The van der Waals surface area contributed by atoms with E-state index < -0.39 is 11.6 Å². The Balaban J connectivity index is 3.25. The second-order valence-electron chi connectivity index (χ2n) is 3.07. The fraction of sp³-hybridized carbons (Fsp3) is 0.400. The highest BCUT2D eigenvalue weighted by molar-refractivity contribution is 6.31. The largest absolute Gasteiger partial charge is 0.207 e. The summed E-state index contributed by atoms with van der Waals surface area (Å²) in [6.07, 6.45) is 0.736. The summed E-state index contributed by atoms with van der Waals surface area (Å²) in [5.74, 6) is -1.04. The molecule has 0 aliphatic carbocycles. The van der Waals surface area contributed by atoms with Crippen LogP contribution >= 0.6 is 11.6 Å². The molecular formula is C10H11ClF2. The van der Waals surface area contributed by atoms with Gasteiger partial charge in [0.25, 0.3) is 0 Å². The van der Waals surface area contributed by atoms with Crippen molar-refractivity contribution in [1.82, 2.24) is 0 Å². The van der Waals surface area contributed by atoms with Crippen molar-refractivity contribution < 1.29 is 8.78 Å². The molecule has 0 fully saturated rings. The molecular weight excluding hydrogens is 194 g/mol. The van der Waals surface area contributed by atoms with E-state index in [1.165, 1.54) is 0 Å². The van der Waals surface area contributed by atoms with E-state index in [1.54, 1.807) is 0 Å². The number of rotatable bonds is 2. The average Bonchev–Trinajstić information content (AvgIpc) is 2.12. The molecule has 0 radical (unpaired) electrons. The van der Waals surface area contributed by atoms with Gasteiger partial charge >= 0.3 is 0 Å². The highest BCUT2D eigenvalue weighted by Crippen LogP contribution is 2.30. The number of hydrogen-bond acceptors (Lipinski definition) is 0. The van der Waals surface area contributed by atoms with E-state index in [1.807, 2.05) is 13.8 Å². The Morgan fingerprint density at radius 2 is 1.85 bits per heavy atom. The van der Waals surface area contributed by atoms with Crippen LogP contribution in [0, 0.1) is 11.6 Å². The first kappa shape index (κ1) is 10.5. The molecule has 13 heavy (non-hydrogen) atoms. The normalized spacial score (nSPS) is 13.0. The van der Waals surface area contributed by atoms with Gasteiger partial charge in [-0.15, -0.1) is 0 Å². The zero-order valence-corrected chi connectivity index (χ0v) is 8.33. The zero-order valence-electron chi connectivity index (χ0n) is 7.57. The van der Waals surface area contributed by atoms with Gasteiger partial charge in [0, 0.05) is 5.56 Å². The Labute approximate surface area is 81.5 Å². The van der Waals surface area contributed by atoms with Crippen LogP contribution in [0.3, 0.4) is 0 Å². The Morgan fingerprint density at radius 1 is 1.31 bits per heavy atom. The molecule has 0 saturated carbocycles. The smallest absolute Gasteiger partial charge is 0.142 e. The molecule has 0 aromatic heterocycles. The van der Waals surface area contributed by atoms with Crippen LogP contribution in [0.25, 0.3) is 0 Å². The summed E-state index contributed by atoms with van der Waals surface area (Å²) in [4.78, 5) is 0. The monoisotopic (exact) mass is 204 g/mol. The van der Waals surface area contributed by atoms with E-state index in [4.69, 9.17) is 11.6 Å². The lowest BCUT2D eigenvalue weighted by molar-refractivity contribution is 0.564. The third kappa shape index (κ3) is 1.99. The maximum absolute atomic E-state index is 13.2. The maximum Gasteiger partial charge on any atom is 0.142 e. The summed E-state index contributed by atoms with van der Waals surface area (Å²) in [5, 5.41) is -0.0886. The summed E-state index contributed by atoms with van der Waals surface area (Å²) in [6.45, 7) is 3.73. The van der Waals surface area contributed by atoms with Gasteiger partial charge in [0.15, 0.2) is 0 Å². The third-order valence-corrected chi connectivity index (χ3v) is 2.57. The van der Waals surface area contributed by atoms with Gasteiger partial charge in [-0.3, -0.25) is 0 Å². The minimum Gasteiger partial charge on any atom is -0.207 e. The Morgan fingerprint density at radius 3 is 2.38 bits per heavy atom. The van der Waals surface area contributed by atoms with Crippen LogP contribution in [0.2, 0.25) is 5.02 Å². The van der Waals surface area contributed by atoms with E-state index in [-0.39, 0.29) is 16.5 Å². The summed E-state index contributed by atoms with van der Waals surface area (Å²) < 4.78 is 26.2. The lowest BCUT2D eigenvalue weighted by atomic mass is 9.98. The zero-order chi connectivity index (χ0) is 10.0. The van der Waals surface area contributed by atoms with Gasteiger partial charge in [0.05, 0.1) is 5.02 Å². The molecule has 72 valence electrons. The standard InChI is InChI=1S/C10H11ClF2/c1-3-6(2)9-7(12)4-5-8(13)10(9)11/h4-6H,3H2,1-2H3. The van der Waals surface area contributed by atoms with Crippen molar-refractivity contribution in [2.75, 3.05) is 0 Å². The fourth-order valence-electron chi connectivity index (χ4n) is 1.20. The van der Waals surface area contributed by atoms with Crippen molar-refractivity contribution in [1.29, 1.82) is 0 Å². The van der Waals surface area contributed by atoms with Crippen LogP contribution in [0.4, 0.5) is 8.78 Å². The molecule has 1 aromatic rings. The average molecular weight is 205 g/mol. The lowest BCUT2D eigenvalue weighted by Gasteiger charge is -2.12. The van der Waals surface area contributed by atoms with Crippen molar-refractivity contribution in [3.8, 4) is 0 Å². The third-order valence-electron chi connectivity index (χ3n) is 2.18. The number of benzene rings is 1. The van der Waals surface area contributed by atoms with Crippen LogP contribution < -0.4 is 0 Å². The van der Waals surface area contributed by atoms with Crippen LogP contribution in [0.5, 0.6) is 0 Å². The first-order valence-corrected chi connectivity index (χ1v) is 4.59. The molecule has 0 N–H and O–H groups in total. The SMILES string of the molecule is CCC(C)c1c(F)ccc(F)c1Cl. The first-order chi connectivity index (χ1) is 6.07. The first-order valence-electron chi connectivity index (χ1n) is 4.21. The van der Waals surface area contributed by atoms with Gasteiger partial charge in [-0.05, 0) is 24.5 Å². The maximum atomic E-state index is 13.2. The summed E-state index contributed by atoms with van der Waals surface area (Å²) in [5.41, 5.74) is 0.282. The Hall–Kier alpha value is -0.630. The van der Waals surface area contributed by atoms with E-state index >= 15 is 0 Å². The molecule has 1 aromatic carbocycles. The van der Waals surface area contributed by atoms with Gasteiger partial charge in [-0.2, -0.15) is 0 Å². The van der Waals surface area contributed by atoms with E-state index in [2.05, 4.69) is 0 Å². The van der Waals surface area contributed by atoms with E-state index in [0.717, 1.165) is 18.6 Å². The van der Waals surface area contributed by atoms with E-state index in [9.17, 15) is 8.78 Å². The second kappa shape index (κ2) is 4.05. The second-order valence-corrected chi connectivity index (χ2v) is 3.44. The van der Waals surface area contributed by atoms with Crippen LogP contribution in [-0.2, 0) is 0 Å². The van der Waals surface area contributed by atoms with Gasteiger partial charge in [0.2, 0.25) is 0 Å². The quantitative estimate of drug-likeness (QED) is 0.636. The number of hydrogen-bond donors (Lipinski definition) is 0. The fourth-order valence-corrected chi connectivity index (χ4v) is 1.54. The molecule has 0 heterocycles. The van der Waals surface area contributed by atoms with Crippen molar-refractivity contribution in [3.63, 3.8) is 0 Å². The van der Waals surface area contributed by atoms with Crippen molar-refractivity contribution in [3.05, 3.63) is 34.4 Å². The van der Waals surface area contributed by atoms with Crippen molar-refractivity contribution in [2.45, 2.75) is 26.2 Å². The number of halogens is 3. The summed E-state index contributed by atoms with van der Waals surface area (Å²) in [7, 11) is 0. The van der Waals surface area contributed by atoms with Gasteiger partial charge in [-0.25, -0.2) is 8.78 Å². The molecule has 0 aliphatic rings.